The van der Waals surface area contributed by atoms with Crippen molar-refractivity contribution in [3.63, 3.8) is 0 Å². The van der Waals surface area contributed by atoms with E-state index in [0.29, 0.717) is 0 Å². The lowest BCUT2D eigenvalue weighted by Crippen LogP contribution is -2.04. The Bertz CT molecular complexity index is 366. The molecule has 1 nitrogen and oxygen atoms in total. The molecule has 1 N–H and O–H groups in total. The molecule has 1 fully saturated rings. The minimum Gasteiger partial charge on any atom is -0.313 e. The largest absolute Gasteiger partial charge is 0.313 e. The summed E-state index contributed by atoms with van der Waals surface area (Å²) < 4.78 is 13.6. The fourth-order valence-electron chi connectivity index (χ4n) is 1.55. The van der Waals surface area contributed by atoms with Crippen molar-refractivity contribution in [2.24, 2.45) is 0 Å². The smallest absolute Gasteiger partial charge is 0.124 e. The third-order valence-electron chi connectivity index (χ3n) is 2.30. The van der Waals surface area contributed by atoms with Crippen LogP contribution >= 0.6 is 15.9 Å². The first kappa shape index (κ1) is 9.87. The van der Waals surface area contributed by atoms with Gasteiger partial charge in [-0.1, -0.05) is 33.6 Å². The van der Waals surface area contributed by atoms with Gasteiger partial charge in [-0.15, -0.1) is 0 Å². The van der Waals surface area contributed by atoms with Gasteiger partial charge in [-0.25, -0.2) is 4.39 Å². The van der Waals surface area contributed by atoms with Gasteiger partial charge >= 0.3 is 0 Å². The second-order valence-electron chi connectivity index (χ2n) is 3.40. The van der Waals surface area contributed by atoms with Crippen molar-refractivity contribution < 1.29 is 4.39 Å². The van der Waals surface area contributed by atoms with E-state index in [-0.39, 0.29) is 5.82 Å². The maximum atomic E-state index is 12.8. The Morgan fingerprint density at radius 3 is 2.93 bits per heavy atom. The molecule has 3 heteroatoms. The summed E-state index contributed by atoms with van der Waals surface area (Å²) in [7, 11) is 0. The summed E-state index contributed by atoms with van der Waals surface area (Å²) >= 11 is 3.35. The van der Waals surface area contributed by atoms with Crippen LogP contribution in [-0.2, 0) is 0 Å². The fraction of sp³-hybridized carbons (Fsp3) is 0.273. The van der Waals surface area contributed by atoms with Crippen molar-refractivity contribution in [2.45, 2.75) is 6.42 Å². The maximum absolute atomic E-state index is 12.8. The second-order valence-corrected chi connectivity index (χ2v) is 4.25. The van der Waals surface area contributed by atoms with Gasteiger partial charge in [-0.05, 0) is 30.7 Å². The van der Waals surface area contributed by atoms with Crippen molar-refractivity contribution in [3.8, 4) is 0 Å². The molecular formula is C11H11BrFN. The predicted molar refractivity (Wildman–Crippen MR) is 59.6 cm³/mol. The summed E-state index contributed by atoms with van der Waals surface area (Å²) in [6.45, 7) is 1.99. The van der Waals surface area contributed by atoms with E-state index in [0.717, 1.165) is 29.5 Å². The van der Waals surface area contributed by atoms with Crippen LogP contribution in [-0.4, -0.2) is 13.1 Å². The van der Waals surface area contributed by atoms with Crippen LogP contribution in [0, 0.1) is 5.82 Å². The van der Waals surface area contributed by atoms with E-state index in [1.165, 1.54) is 17.7 Å². The van der Waals surface area contributed by atoms with Crippen LogP contribution in [0.3, 0.4) is 0 Å². The molecule has 1 aromatic carbocycles. The third-order valence-corrected chi connectivity index (χ3v) is 2.98. The molecule has 1 aromatic rings. The van der Waals surface area contributed by atoms with Crippen LogP contribution in [0.4, 0.5) is 4.39 Å². The average molecular weight is 256 g/mol. The van der Waals surface area contributed by atoms with Crippen LogP contribution < -0.4 is 5.32 Å². The lowest BCUT2D eigenvalue weighted by Gasteiger charge is -2.00. The highest BCUT2D eigenvalue weighted by molar-refractivity contribution is 9.10. The van der Waals surface area contributed by atoms with Gasteiger partial charge in [-0.3, -0.25) is 0 Å². The number of rotatable bonds is 1. The Balaban J connectivity index is 2.28. The van der Waals surface area contributed by atoms with Crippen molar-refractivity contribution in [1.29, 1.82) is 0 Å². The van der Waals surface area contributed by atoms with Crippen LogP contribution in [0.2, 0.25) is 0 Å². The van der Waals surface area contributed by atoms with E-state index in [4.69, 9.17) is 0 Å². The van der Waals surface area contributed by atoms with Gasteiger partial charge in [0.25, 0.3) is 0 Å². The van der Waals surface area contributed by atoms with Crippen molar-refractivity contribution >= 4 is 22.0 Å². The Morgan fingerprint density at radius 1 is 1.43 bits per heavy atom. The Hall–Kier alpha value is -0.670. The number of benzene rings is 1. The van der Waals surface area contributed by atoms with Crippen LogP contribution in [0.15, 0.2) is 28.2 Å². The highest BCUT2D eigenvalue weighted by atomic mass is 79.9. The molecule has 0 bridgehead atoms. The second kappa shape index (κ2) is 4.24. The lowest BCUT2D eigenvalue weighted by molar-refractivity contribution is 0.627. The SMILES string of the molecule is Fc1ccc(C=C2CCNC2)c(Br)c1. The zero-order valence-electron chi connectivity index (χ0n) is 7.69. The van der Waals surface area contributed by atoms with E-state index in [1.807, 2.05) is 0 Å². The molecule has 1 heterocycles. The Labute approximate surface area is 91.1 Å². The van der Waals surface area contributed by atoms with E-state index in [9.17, 15) is 4.39 Å². The van der Waals surface area contributed by atoms with E-state index >= 15 is 0 Å². The summed E-state index contributed by atoms with van der Waals surface area (Å²) in [5.74, 6) is -0.205. The molecule has 14 heavy (non-hydrogen) atoms. The highest BCUT2D eigenvalue weighted by Crippen LogP contribution is 2.22. The zero-order chi connectivity index (χ0) is 9.97. The van der Waals surface area contributed by atoms with Crippen LogP contribution in [0.25, 0.3) is 6.08 Å². The van der Waals surface area contributed by atoms with Gasteiger partial charge in [0.2, 0.25) is 0 Å². The summed E-state index contributed by atoms with van der Waals surface area (Å²) in [6.07, 6.45) is 3.20. The van der Waals surface area contributed by atoms with Crippen molar-refractivity contribution in [1.82, 2.24) is 5.32 Å². The van der Waals surface area contributed by atoms with Gasteiger partial charge in [0.1, 0.15) is 5.82 Å². The molecule has 0 atom stereocenters. The molecule has 0 spiro atoms. The minimum atomic E-state index is -0.205. The predicted octanol–water partition coefficient (Wildman–Crippen LogP) is 2.96. The number of hydrogen-bond acceptors (Lipinski definition) is 1. The van der Waals surface area contributed by atoms with Gasteiger partial charge in [0.15, 0.2) is 0 Å². The molecule has 0 aromatic heterocycles. The lowest BCUT2D eigenvalue weighted by atomic mass is 10.1. The van der Waals surface area contributed by atoms with E-state index in [1.54, 1.807) is 6.07 Å². The molecule has 0 saturated carbocycles. The molecule has 1 aliphatic rings. The van der Waals surface area contributed by atoms with Crippen molar-refractivity contribution in [3.05, 3.63) is 39.6 Å². The summed E-state index contributed by atoms with van der Waals surface area (Å²) in [5, 5.41) is 3.27. The van der Waals surface area contributed by atoms with Gasteiger partial charge < -0.3 is 5.32 Å². The van der Waals surface area contributed by atoms with Crippen LogP contribution in [0.5, 0.6) is 0 Å². The summed E-state index contributed by atoms with van der Waals surface area (Å²) in [5.41, 5.74) is 2.42. The molecule has 0 amide bonds. The van der Waals surface area contributed by atoms with Crippen LogP contribution in [0.1, 0.15) is 12.0 Å². The summed E-state index contributed by atoms with van der Waals surface area (Å²) in [4.78, 5) is 0. The normalized spacial score (nSPS) is 19.1. The van der Waals surface area contributed by atoms with Gasteiger partial charge in [-0.2, -0.15) is 0 Å². The van der Waals surface area contributed by atoms with Gasteiger partial charge in [0.05, 0.1) is 0 Å². The number of nitrogens with one attached hydrogen (secondary N) is 1. The molecule has 1 saturated heterocycles. The quantitative estimate of drug-likeness (QED) is 0.814. The molecular weight excluding hydrogens is 245 g/mol. The Morgan fingerprint density at radius 2 is 2.29 bits per heavy atom. The molecule has 0 radical (unpaired) electrons. The van der Waals surface area contributed by atoms with Gasteiger partial charge in [0, 0.05) is 11.0 Å². The molecule has 1 aliphatic heterocycles. The molecule has 74 valence electrons. The monoisotopic (exact) mass is 255 g/mol. The zero-order valence-corrected chi connectivity index (χ0v) is 9.27. The molecule has 0 aliphatic carbocycles. The first-order valence-corrected chi connectivity index (χ1v) is 5.40. The van der Waals surface area contributed by atoms with E-state index < -0.39 is 0 Å². The number of hydrogen-bond donors (Lipinski definition) is 1. The third kappa shape index (κ3) is 2.22. The summed E-state index contributed by atoms with van der Waals surface area (Å²) in [6, 6.07) is 4.78. The van der Waals surface area contributed by atoms with E-state index in [2.05, 4.69) is 27.3 Å². The molecule has 2 rings (SSSR count). The minimum absolute atomic E-state index is 0.205. The average Bonchev–Trinajstić information content (AvgIpc) is 2.62. The maximum Gasteiger partial charge on any atom is 0.124 e. The highest BCUT2D eigenvalue weighted by Gasteiger charge is 2.06. The topological polar surface area (TPSA) is 12.0 Å². The number of halogens is 2. The van der Waals surface area contributed by atoms with Crippen molar-refractivity contribution in [2.75, 3.05) is 13.1 Å². The first-order valence-electron chi connectivity index (χ1n) is 4.61. The molecule has 0 unspecified atom stereocenters. The first-order chi connectivity index (χ1) is 6.75. The fourth-order valence-corrected chi connectivity index (χ4v) is 2.01. The Kier molecular flexibility index (Phi) is 2.99. The standard InChI is InChI=1S/C11H11BrFN/c12-11-6-10(13)2-1-9(11)5-8-3-4-14-7-8/h1-2,5-6,14H,3-4,7H2.